The fourth-order valence-electron chi connectivity index (χ4n) is 3.78. The number of nitrogens with zero attached hydrogens (tertiary/aromatic N) is 4. The summed E-state index contributed by atoms with van der Waals surface area (Å²) >= 11 is 0. The molecule has 0 amide bonds. The third kappa shape index (κ3) is 4.14. The van der Waals surface area contributed by atoms with E-state index in [0.29, 0.717) is 35.1 Å². The molecule has 11 heteroatoms. The highest BCUT2D eigenvalue weighted by atomic mass is 16.6. The fourth-order valence-corrected chi connectivity index (χ4v) is 3.78. The molecule has 1 aromatic carbocycles. The summed E-state index contributed by atoms with van der Waals surface area (Å²) in [6.07, 6.45) is -4.79. The van der Waals surface area contributed by atoms with Gasteiger partial charge in [0.05, 0.1) is 13.7 Å². The second kappa shape index (κ2) is 9.28. The van der Waals surface area contributed by atoms with E-state index in [4.69, 9.17) is 9.47 Å². The second-order valence-electron chi connectivity index (χ2n) is 7.54. The molecule has 168 valence electrons. The van der Waals surface area contributed by atoms with Crippen molar-refractivity contribution < 1.29 is 29.9 Å². The molecular weight excluding hydrogens is 406 g/mol. The standard InChI is InChI=1S/C20H27N5O6/c1-30-12-6-4-11(5-7-12)15-14(19-21-8-2-3-9-22-19)23-24-25(15)20-18(29)17(28)16(27)13(10-26)31-20/h4-7,13,16-18,20,26-29H,2-3,8-10H2,1H3,(H,21,22)/t13-,16-,17+,18-,20-/m1/s1. The van der Waals surface area contributed by atoms with E-state index in [9.17, 15) is 20.4 Å². The number of methoxy groups -OCH3 is 1. The minimum Gasteiger partial charge on any atom is -0.497 e. The van der Waals surface area contributed by atoms with Crippen molar-refractivity contribution in [2.75, 3.05) is 26.8 Å². The quantitative estimate of drug-likeness (QED) is 0.402. The monoisotopic (exact) mass is 433 g/mol. The Morgan fingerprint density at radius 2 is 1.90 bits per heavy atom. The van der Waals surface area contributed by atoms with Gasteiger partial charge in [-0.3, -0.25) is 4.99 Å². The molecule has 2 aliphatic heterocycles. The molecule has 0 unspecified atom stereocenters. The van der Waals surface area contributed by atoms with Crippen molar-refractivity contribution in [3.8, 4) is 17.0 Å². The van der Waals surface area contributed by atoms with Crippen LogP contribution in [0.15, 0.2) is 29.3 Å². The van der Waals surface area contributed by atoms with Crippen molar-refractivity contribution in [1.82, 2.24) is 20.3 Å². The average Bonchev–Trinajstić information content (AvgIpc) is 3.04. The normalized spacial score (nSPS) is 29.1. The number of amidine groups is 1. The first-order valence-corrected chi connectivity index (χ1v) is 10.2. The van der Waals surface area contributed by atoms with Crippen LogP contribution in [0.4, 0.5) is 0 Å². The minimum absolute atomic E-state index is 0.476. The van der Waals surface area contributed by atoms with Crippen LogP contribution in [0, 0.1) is 0 Å². The molecule has 4 rings (SSSR count). The van der Waals surface area contributed by atoms with Gasteiger partial charge < -0.3 is 35.2 Å². The lowest BCUT2D eigenvalue weighted by Crippen LogP contribution is -2.56. The second-order valence-corrected chi connectivity index (χ2v) is 7.54. The van der Waals surface area contributed by atoms with E-state index in [1.807, 2.05) is 12.1 Å². The van der Waals surface area contributed by atoms with Crippen LogP contribution in [-0.4, -0.2) is 92.5 Å². The van der Waals surface area contributed by atoms with Gasteiger partial charge in [0.2, 0.25) is 0 Å². The summed E-state index contributed by atoms with van der Waals surface area (Å²) in [4.78, 5) is 4.58. The first-order valence-electron chi connectivity index (χ1n) is 10.2. The molecule has 0 spiro atoms. The van der Waals surface area contributed by atoms with E-state index in [0.717, 1.165) is 19.4 Å². The molecule has 31 heavy (non-hydrogen) atoms. The number of aliphatic hydroxyl groups is 4. The van der Waals surface area contributed by atoms with Crippen LogP contribution < -0.4 is 10.1 Å². The first-order chi connectivity index (χ1) is 15.0. The van der Waals surface area contributed by atoms with Gasteiger partial charge in [-0.15, -0.1) is 5.10 Å². The van der Waals surface area contributed by atoms with Crippen molar-refractivity contribution in [3.63, 3.8) is 0 Å². The maximum atomic E-state index is 10.6. The minimum atomic E-state index is -1.53. The van der Waals surface area contributed by atoms with E-state index in [1.165, 1.54) is 4.68 Å². The van der Waals surface area contributed by atoms with E-state index < -0.39 is 37.3 Å². The molecular formula is C20H27N5O6. The maximum Gasteiger partial charge on any atom is 0.181 e. The van der Waals surface area contributed by atoms with Crippen molar-refractivity contribution >= 4 is 5.84 Å². The number of benzene rings is 1. The lowest BCUT2D eigenvalue weighted by Gasteiger charge is -2.40. The molecule has 5 atom stereocenters. The van der Waals surface area contributed by atoms with Gasteiger partial charge in [0, 0.05) is 18.7 Å². The fraction of sp³-hybridized carbons (Fsp3) is 0.550. The summed E-state index contributed by atoms with van der Waals surface area (Å²) in [5.74, 6) is 1.25. The van der Waals surface area contributed by atoms with Crippen LogP contribution in [-0.2, 0) is 4.74 Å². The van der Waals surface area contributed by atoms with E-state index in [1.54, 1.807) is 19.2 Å². The van der Waals surface area contributed by atoms with Crippen LogP contribution in [0.25, 0.3) is 11.3 Å². The summed E-state index contributed by atoms with van der Waals surface area (Å²) in [6.45, 7) is 0.861. The third-order valence-corrected chi connectivity index (χ3v) is 5.54. The highest BCUT2D eigenvalue weighted by Crippen LogP contribution is 2.33. The van der Waals surface area contributed by atoms with E-state index in [-0.39, 0.29) is 0 Å². The Labute approximate surface area is 179 Å². The molecule has 1 fully saturated rings. The maximum absolute atomic E-state index is 10.6. The lowest BCUT2D eigenvalue weighted by molar-refractivity contribution is -0.253. The Morgan fingerprint density at radius 3 is 2.61 bits per heavy atom. The average molecular weight is 433 g/mol. The summed E-state index contributed by atoms with van der Waals surface area (Å²) in [5, 5.41) is 52.3. The highest BCUT2D eigenvalue weighted by molar-refractivity contribution is 6.02. The number of hydrogen-bond acceptors (Lipinski definition) is 10. The van der Waals surface area contributed by atoms with E-state index in [2.05, 4.69) is 20.6 Å². The van der Waals surface area contributed by atoms with Crippen LogP contribution in [0.2, 0.25) is 0 Å². The van der Waals surface area contributed by atoms with Crippen LogP contribution in [0.1, 0.15) is 24.8 Å². The number of nitrogens with one attached hydrogen (secondary N) is 1. The van der Waals surface area contributed by atoms with Gasteiger partial charge >= 0.3 is 0 Å². The van der Waals surface area contributed by atoms with Gasteiger partial charge in [-0.05, 0) is 37.1 Å². The zero-order chi connectivity index (χ0) is 22.0. The molecule has 0 radical (unpaired) electrons. The Hall–Kier alpha value is -2.57. The van der Waals surface area contributed by atoms with Crippen molar-refractivity contribution in [3.05, 3.63) is 30.0 Å². The molecule has 1 saturated heterocycles. The third-order valence-electron chi connectivity index (χ3n) is 5.54. The summed E-state index contributed by atoms with van der Waals surface area (Å²) in [6, 6.07) is 7.20. The summed E-state index contributed by atoms with van der Waals surface area (Å²) in [5.41, 5.74) is 1.70. The predicted octanol–water partition coefficient (Wildman–Crippen LogP) is -0.944. The van der Waals surface area contributed by atoms with E-state index >= 15 is 0 Å². The van der Waals surface area contributed by atoms with Crippen LogP contribution in [0.3, 0.4) is 0 Å². The van der Waals surface area contributed by atoms with Gasteiger partial charge in [-0.1, -0.05) is 5.21 Å². The number of aliphatic hydroxyl groups excluding tert-OH is 4. The van der Waals surface area contributed by atoms with Crippen LogP contribution in [0.5, 0.6) is 5.75 Å². The van der Waals surface area contributed by atoms with Gasteiger partial charge in [0.15, 0.2) is 17.8 Å². The molecule has 5 N–H and O–H groups in total. The number of ether oxygens (including phenoxy) is 2. The number of rotatable bonds is 5. The predicted molar refractivity (Wildman–Crippen MR) is 110 cm³/mol. The van der Waals surface area contributed by atoms with Gasteiger partial charge in [-0.25, -0.2) is 4.68 Å². The summed E-state index contributed by atoms with van der Waals surface area (Å²) in [7, 11) is 1.57. The van der Waals surface area contributed by atoms with Gasteiger partial charge in [-0.2, -0.15) is 0 Å². The van der Waals surface area contributed by atoms with Gasteiger partial charge in [0.25, 0.3) is 0 Å². The molecule has 0 saturated carbocycles. The SMILES string of the molecule is COc1ccc(-c2c(C3=NCCCCN3)nnn2[C@@H]2O[C@H](CO)[C@@H](O)[C@H](O)[C@H]2O)cc1. The van der Waals surface area contributed by atoms with Crippen LogP contribution >= 0.6 is 0 Å². The topological polar surface area (TPSA) is 154 Å². The zero-order valence-electron chi connectivity index (χ0n) is 17.1. The molecule has 1 aromatic heterocycles. The zero-order valence-corrected chi connectivity index (χ0v) is 17.1. The van der Waals surface area contributed by atoms with Crippen molar-refractivity contribution in [2.24, 2.45) is 4.99 Å². The Balaban J connectivity index is 1.81. The molecule has 0 bridgehead atoms. The molecule has 2 aromatic rings. The lowest BCUT2D eigenvalue weighted by atomic mass is 9.98. The number of aromatic nitrogens is 3. The number of hydrogen-bond donors (Lipinski definition) is 5. The smallest absolute Gasteiger partial charge is 0.181 e. The Morgan fingerprint density at radius 1 is 1.13 bits per heavy atom. The Bertz CT molecular complexity index is 915. The van der Waals surface area contributed by atoms with Crippen molar-refractivity contribution in [2.45, 2.75) is 43.5 Å². The van der Waals surface area contributed by atoms with Crippen molar-refractivity contribution in [1.29, 1.82) is 0 Å². The molecule has 0 aliphatic carbocycles. The number of aliphatic imine (C=N–C) groups is 1. The molecule has 2 aliphatic rings. The largest absolute Gasteiger partial charge is 0.497 e. The summed E-state index contributed by atoms with van der Waals surface area (Å²) < 4.78 is 12.3. The molecule has 11 nitrogen and oxygen atoms in total. The van der Waals surface area contributed by atoms with Gasteiger partial charge in [0.1, 0.15) is 35.9 Å². The molecule has 3 heterocycles. The highest BCUT2D eigenvalue weighted by Gasteiger charge is 2.45. The first kappa shape index (κ1) is 21.7. The Kier molecular flexibility index (Phi) is 6.49.